The Kier molecular flexibility index (Phi) is 4.15. The van der Waals surface area contributed by atoms with Crippen molar-refractivity contribution in [2.45, 2.75) is 0 Å². The van der Waals surface area contributed by atoms with Gasteiger partial charge in [0.15, 0.2) is 11.5 Å². The van der Waals surface area contributed by atoms with Crippen molar-refractivity contribution in [1.29, 1.82) is 0 Å². The third kappa shape index (κ3) is 2.46. The van der Waals surface area contributed by atoms with Gasteiger partial charge in [0.05, 0.1) is 27.0 Å². The van der Waals surface area contributed by atoms with E-state index in [9.17, 15) is 0 Å². The minimum absolute atomic E-state index is 0.688. The van der Waals surface area contributed by atoms with Crippen LogP contribution in [0.1, 0.15) is 0 Å². The Labute approximate surface area is 108 Å². The maximum Gasteiger partial charge on any atom is 0.164 e. The van der Waals surface area contributed by atoms with E-state index in [1.165, 1.54) is 0 Å². The average Bonchev–Trinajstić information content (AvgIpc) is 2.46. The van der Waals surface area contributed by atoms with Crippen molar-refractivity contribution < 1.29 is 14.2 Å². The number of methoxy groups -OCH3 is 3. The summed E-state index contributed by atoms with van der Waals surface area (Å²) < 4.78 is 16.1. The number of anilines is 1. The molecule has 1 fully saturated rings. The summed E-state index contributed by atoms with van der Waals surface area (Å²) in [5.41, 5.74) is 1.05. The zero-order valence-electron chi connectivity index (χ0n) is 11.2. The summed E-state index contributed by atoms with van der Waals surface area (Å²) in [6.07, 6.45) is 0. The van der Waals surface area contributed by atoms with Gasteiger partial charge >= 0.3 is 0 Å². The van der Waals surface area contributed by atoms with Gasteiger partial charge in [-0.1, -0.05) is 0 Å². The molecule has 0 spiro atoms. The number of nitrogens with zero attached hydrogens (tertiary/aromatic N) is 1. The first kappa shape index (κ1) is 12.8. The second-order valence-electron chi connectivity index (χ2n) is 4.12. The van der Waals surface area contributed by atoms with Gasteiger partial charge in [0.1, 0.15) is 5.75 Å². The molecule has 0 bridgehead atoms. The highest BCUT2D eigenvalue weighted by atomic mass is 16.5. The minimum atomic E-state index is 0.688. The van der Waals surface area contributed by atoms with E-state index in [1.54, 1.807) is 21.3 Å². The van der Waals surface area contributed by atoms with E-state index in [1.807, 2.05) is 12.1 Å². The van der Waals surface area contributed by atoms with Crippen molar-refractivity contribution in [2.75, 3.05) is 52.4 Å². The Morgan fingerprint density at radius 1 is 0.889 bits per heavy atom. The van der Waals surface area contributed by atoms with Gasteiger partial charge in [-0.05, 0) is 0 Å². The van der Waals surface area contributed by atoms with Gasteiger partial charge in [0.2, 0.25) is 0 Å². The van der Waals surface area contributed by atoms with Crippen LogP contribution in [0.5, 0.6) is 17.2 Å². The Morgan fingerprint density at radius 3 is 2.00 bits per heavy atom. The molecular weight excluding hydrogens is 232 g/mol. The fourth-order valence-electron chi connectivity index (χ4n) is 2.17. The largest absolute Gasteiger partial charge is 0.494 e. The molecule has 1 heterocycles. The van der Waals surface area contributed by atoms with E-state index >= 15 is 0 Å². The molecule has 1 N–H and O–H groups in total. The standard InChI is InChI=1S/C13H20N2O3/c1-16-11-9-13(18-3)12(17-2)8-10(11)15-6-4-14-5-7-15/h8-9,14H,4-7H2,1-3H3. The van der Waals surface area contributed by atoms with E-state index in [-0.39, 0.29) is 0 Å². The Balaban J connectivity index is 2.37. The molecule has 0 saturated carbocycles. The van der Waals surface area contributed by atoms with Crippen molar-refractivity contribution >= 4 is 5.69 Å². The lowest BCUT2D eigenvalue weighted by Crippen LogP contribution is -2.43. The molecule has 1 aliphatic rings. The summed E-state index contributed by atoms with van der Waals surface area (Å²) in [5.74, 6) is 2.23. The molecule has 0 amide bonds. The summed E-state index contributed by atoms with van der Waals surface area (Å²) in [4.78, 5) is 2.29. The summed E-state index contributed by atoms with van der Waals surface area (Å²) in [6, 6.07) is 3.85. The highest BCUT2D eigenvalue weighted by Crippen LogP contribution is 2.39. The normalized spacial score (nSPS) is 15.4. The van der Waals surface area contributed by atoms with Crippen LogP contribution in [-0.4, -0.2) is 47.5 Å². The monoisotopic (exact) mass is 252 g/mol. The fourth-order valence-corrected chi connectivity index (χ4v) is 2.17. The van der Waals surface area contributed by atoms with Crippen molar-refractivity contribution in [3.8, 4) is 17.2 Å². The topological polar surface area (TPSA) is 43.0 Å². The zero-order valence-corrected chi connectivity index (χ0v) is 11.2. The first-order chi connectivity index (χ1) is 8.80. The average molecular weight is 252 g/mol. The lowest BCUT2D eigenvalue weighted by molar-refractivity contribution is 0.349. The number of rotatable bonds is 4. The van der Waals surface area contributed by atoms with Crippen LogP contribution in [0.15, 0.2) is 12.1 Å². The van der Waals surface area contributed by atoms with Crippen LogP contribution in [-0.2, 0) is 0 Å². The molecule has 1 aromatic carbocycles. The van der Waals surface area contributed by atoms with Gasteiger partial charge in [-0.25, -0.2) is 0 Å². The van der Waals surface area contributed by atoms with Gasteiger partial charge in [-0.3, -0.25) is 0 Å². The summed E-state index contributed by atoms with van der Waals surface area (Å²) in [7, 11) is 4.95. The summed E-state index contributed by atoms with van der Waals surface area (Å²) in [6.45, 7) is 3.90. The van der Waals surface area contributed by atoms with Gasteiger partial charge < -0.3 is 24.4 Å². The highest BCUT2D eigenvalue weighted by molar-refractivity contribution is 5.66. The van der Waals surface area contributed by atoms with E-state index < -0.39 is 0 Å². The lowest BCUT2D eigenvalue weighted by atomic mass is 10.2. The Hall–Kier alpha value is -1.62. The van der Waals surface area contributed by atoms with Gasteiger partial charge in [-0.2, -0.15) is 0 Å². The van der Waals surface area contributed by atoms with Gasteiger partial charge in [0, 0.05) is 38.3 Å². The molecule has 0 unspecified atom stereocenters. The zero-order chi connectivity index (χ0) is 13.0. The van der Waals surface area contributed by atoms with Crippen molar-refractivity contribution in [2.24, 2.45) is 0 Å². The van der Waals surface area contributed by atoms with Crippen LogP contribution in [0.25, 0.3) is 0 Å². The first-order valence-electron chi connectivity index (χ1n) is 6.05. The quantitative estimate of drug-likeness (QED) is 0.870. The number of hydrogen-bond acceptors (Lipinski definition) is 5. The molecule has 0 radical (unpaired) electrons. The van der Waals surface area contributed by atoms with Crippen LogP contribution >= 0.6 is 0 Å². The molecule has 0 aliphatic carbocycles. The lowest BCUT2D eigenvalue weighted by Gasteiger charge is -2.31. The number of benzene rings is 1. The SMILES string of the molecule is COc1cc(OC)c(N2CCNCC2)cc1OC. The maximum absolute atomic E-state index is 5.44. The highest BCUT2D eigenvalue weighted by Gasteiger charge is 2.18. The number of ether oxygens (including phenoxy) is 3. The molecule has 5 heteroatoms. The molecule has 0 aromatic heterocycles. The Morgan fingerprint density at radius 2 is 1.44 bits per heavy atom. The molecule has 5 nitrogen and oxygen atoms in total. The molecule has 1 aliphatic heterocycles. The molecule has 2 rings (SSSR count). The van der Waals surface area contributed by atoms with Crippen molar-refractivity contribution in [3.63, 3.8) is 0 Å². The third-order valence-corrected chi connectivity index (χ3v) is 3.14. The second-order valence-corrected chi connectivity index (χ2v) is 4.12. The summed E-state index contributed by atoms with van der Waals surface area (Å²) in [5, 5.41) is 3.33. The molecule has 18 heavy (non-hydrogen) atoms. The third-order valence-electron chi connectivity index (χ3n) is 3.14. The van der Waals surface area contributed by atoms with Crippen LogP contribution in [0.3, 0.4) is 0 Å². The van der Waals surface area contributed by atoms with Crippen LogP contribution in [0, 0.1) is 0 Å². The molecule has 0 atom stereocenters. The van der Waals surface area contributed by atoms with Crippen LogP contribution in [0.4, 0.5) is 5.69 Å². The smallest absolute Gasteiger partial charge is 0.164 e. The van der Waals surface area contributed by atoms with E-state index in [0.29, 0.717) is 5.75 Å². The predicted octanol–water partition coefficient (Wildman–Crippen LogP) is 1.12. The predicted molar refractivity (Wildman–Crippen MR) is 71.2 cm³/mol. The van der Waals surface area contributed by atoms with Gasteiger partial charge in [-0.15, -0.1) is 0 Å². The molecule has 100 valence electrons. The molecule has 1 aromatic rings. The van der Waals surface area contributed by atoms with Gasteiger partial charge in [0.25, 0.3) is 0 Å². The van der Waals surface area contributed by atoms with Crippen LogP contribution in [0.2, 0.25) is 0 Å². The number of piperazine rings is 1. The molecule has 1 saturated heterocycles. The summed E-state index contributed by atoms with van der Waals surface area (Å²) >= 11 is 0. The fraction of sp³-hybridized carbons (Fsp3) is 0.538. The minimum Gasteiger partial charge on any atom is -0.494 e. The van der Waals surface area contributed by atoms with Crippen molar-refractivity contribution in [3.05, 3.63) is 12.1 Å². The van der Waals surface area contributed by atoms with Crippen molar-refractivity contribution in [1.82, 2.24) is 5.32 Å². The number of hydrogen-bond donors (Lipinski definition) is 1. The van der Waals surface area contributed by atoms with E-state index in [4.69, 9.17) is 14.2 Å². The Bertz CT molecular complexity index is 403. The first-order valence-corrected chi connectivity index (χ1v) is 6.05. The van der Waals surface area contributed by atoms with E-state index in [2.05, 4.69) is 10.2 Å². The maximum atomic E-state index is 5.44. The van der Waals surface area contributed by atoms with E-state index in [0.717, 1.165) is 43.4 Å². The second kappa shape index (κ2) is 5.82. The number of nitrogens with one attached hydrogen (secondary N) is 1. The van der Waals surface area contributed by atoms with Crippen LogP contribution < -0.4 is 24.4 Å². The molecular formula is C13H20N2O3.